The predicted molar refractivity (Wildman–Crippen MR) is 96.0 cm³/mol. The molecule has 2 fully saturated rings. The largest absolute Gasteiger partial charge is 0.335 e. The summed E-state index contributed by atoms with van der Waals surface area (Å²) in [4.78, 5) is 23.9. The standard InChI is InChI=1S/C19H30N4O/c1-16(2)22-10-12-23(13-11-22)19(24)18-7-6-17(14-20-18)15-21-8-4-3-5-9-21/h6-7,14,16H,3-5,8-13,15H2,1-2H3. The lowest BCUT2D eigenvalue weighted by atomic mass is 10.1. The van der Waals surface area contributed by atoms with Gasteiger partial charge in [0.25, 0.3) is 5.91 Å². The van der Waals surface area contributed by atoms with Crippen LogP contribution in [-0.2, 0) is 6.54 Å². The van der Waals surface area contributed by atoms with E-state index in [0.29, 0.717) is 11.7 Å². The minimum atomic E-state index is 0.0722. The SMILES string of the molecule is CC(C)N1CCN(C(=O)c2ccc(CN3CCCCC3)cn2)CC1. The first-order valence-electron chi connectivity index (χ1n) is 9.34. The number of piperazine rings is 1. The Bertz CT molecular complexity index is 529. The highest BCUT2D eigenvalue weighted by molar-refractivity contribution is 5.92. The molecule has 0 aliphatic carbocycles. The van der Waals surface area contributed by atoms with E-state index < -0.39 is 0 Å². The van der Waals surface area contributed by atoms with E-state index in [1.807, 2.05) is 17.2 Å². The maximum Gasteiger partial charge on any atom is 0.272 e. The molecule has 2 saturated heterocycles. The van der Waals surface area contributed by atoms with Gasteiger partial charge in [0.2, 0.25) is 0 Å². The van der Waals surface area contributed by atoms with E-state index in [-0.39, 0.29) is 5.91 Å². The molecule has 0 unspecified atom stereocenters. The summed E-state index contributed by atoms with van der Waals surface area (Å²) in [5.41, 5.74) is 1.79. The van der Waals surface area contributed by atoms with E-state index in [1.165, 1.54) is 37.9 Å². The number of rotatable bonds is 4. The first kappa shape index (κ1) is 17.4. The Morgan fingerprint density at radius 3 is 2.33 bits per heavy atom. The monoisotopic (exact) mass is 330 g/mol. The fourth-order valence-electron chi connectivity index (χ4n) is 3.62. The average molecular weight is 330 g/mol. The maximum absolute atomic E-state index is 12.6. The highest BCUT2D eigenvalue weighted by atomic mass is 16.2. The van der Waals surface area contributed by atoms with Gasteiger partial charge in [-0.1, -0.05) is 12.5 Å². The van der Waals surface area contributed by atoms with E-state index in [4.69, 9.17) is 0 Å². The lowest BCUT2D eigenvalue weighted by molar-refractivity contribution is 0.0590. The number of carbonyl (C=O) groups excluding carboxylic acids is 1. The summed E-state index contributed by atoms with van der Waals surface area (Å²) in [7, 11) is 0. The van der Waals surface area contributed by atoms with E-state index in [0.717, 1.165) is 32.7 Å². The van der Waals surface area contributed by atoms with Crippen molar-refractivity contribution in [1.82, 2.24) is 19.7 Å². The molecule has 132 valence electrons. The van der Waals surface area contributed by atoms with Gasteiger partial charge in [-0.05, 0) is 51.4 Å². The molecule has 2 aliphatic heterocycles. The summed E-state index contributed by atoms with van der Waals surface area (Å²) in [6.45, 7) is 11.2. The molecule has 3 rings (SSSR count). The van der Waals surface area contributed by atoms with Crippen LogP contribution in [0.15, 0.2) is 18.3 Å². The van der Waals surface area contributed by atoms with Crippen molar-refractivity contribution >= 4 is 5.91 Å². The number of hydrogen-bond donors (Lipinski definition) is 0. The molecule has 1 aromatic rings. The number of nitrogens with zero attached hydrogens (tertiary/aromatic N) is 4. The Balaban J connectivity index is 1.54. The molecular weight excluding hydrogens is 300 g/mol. The van der Waals surface area contributed by atoms with Crippen LogP contribution in [0.25, 0.3) is 0 Å². The maximum atomic E-state index is 12.6. The van der Waals surface area contributed by atoms with Crippen molar-refractivity contribution in [2.75, 3.05) is 39.3 Å². The zero-order valence-corrected chi connectivity index (χ0v) is 15.1. The second-order valence-corrected chi connectivity index (χ2v) is 7.31. The molecule has 24 heavy (non-hydrogen) atoms. The zero-order chi connectivity index (χ0) is 16.9. The van der Waals surface area contributed by atoms with Gasteiger partial charge in [-0.2, -0.15) is 0 Å². The van der Waals surface area contributed by atoms with Crippen LogP contribution < -0.4 is 0 Å². The van der Waals surface area contributed by atoms with Crippen molar-refractivity contribution in [3.05, 3.63) is 29.6 Å². The van der Waals surface area contributed by atoms with E-state index >= 15 is 0 Å². The molecule has 5 nitrogen and oxygen atoms in total. The van der Waals surface area contributed by atoms with Crippen LogP contribution in [0, 0.1) is 0 Å². The summed E-state index contributed by atoms with van der Waals surface area (Å²) in [5, 5.41) is 0. The molecule has 2 aliphatic rings. The number of pyridine rings is 1. The molecule has 0 aromatic carbocycles. The summed E-state index contributed by atoms with van der Waals surface area (Å²) in [6, 6.07) is 4.52. The smallest absolute Gasteiger partial charge is 0.272 e. The molecule has 0 atom stereocenters. The second kappa shape index (κ2) is 8.08. The quantitative estimate of drug-likeness (QED) is 0.849. The Morgan fingerprint density at radius 2 is 1.75 bits per heavy atom. The first-order chi connectivity index (χ1) is 11.6. The first-order valence-corrected chi connectivity index (χ1v) is 9.34. The molecule has 0 spiro atoms. The summed E-state index contributed by atoms with van der Waals surface area (Å²) in [5.74, 6) is 0.0722. The van der Waals surface area contributed by atoms with Gasteiger partial charge in [-0.15, -0.1) is 0 Å². The summed E-state index contributed by atoms with van der Waals surface area (Å²) < 4.78 is 0. The Labute approximate surface area is 145 Å². The molecular formula is C19H30N4O. The minimum absolute atomic E-state index is 0.0722. The number of carbonyl (C=O) groups is 1. The van der Waals surface area contributed by atoms with Crippen molar-refractivity contribution in [3.63, 3.8) is 0 Å². The highest BCUT2D eigenvalue weighted by Crippen LogP contribution is 2.14. The van der Waals surface area contributed by atoms with Gasteiger partial charge in [-0.3, -0.25) is 19.6 Å². The third-order valence-corrected chi connectivity index (χ3v) is 5.23. The molecule has 3 heterocycles. The number of aromatic nitrogens is 1. The van der Waals surface area contributed by atoms with E-state index in [1.54, 1.807) is 0 Å². The van der Waals surface area contributed by atoms with Gasteiger partial charge in [0.05, 0.1) is 0 Å². The van der Waals surface area contributed by atoms with Gasteiger partial charge in [0.1, 0.15) is 5.69 Å². The number of hydrogen-bond acceptors (Lipinski definition) is 4. The van der Waals surface area contributed by atoms with Crippen LogP contribution in [0.5, 0.6) is 0 Å². The molecule has 0 saturated carbocycles. The fraction of sp³-hybridized carbons (Fsp3) is 0.684. The Kier molecular flexibility index (Phi) is 5.85. The van der Waals surface area contributed by atoms with Crippen LogP contribution in [0.3, 0.4) is 0 Å². The summed E-state index contributed by atoms with van der Waals surface area (Å²) in [6.07, 6.45) is 5.83. The minimum Gasteiger partial charge on any atom is -0.335 e. The van der Waals surface area contributed by atoms with Gasteiger partial charge in [-0.25, -0.2) is 0 Å². The molecule has 5 heteroatoms. The third-order valence-electron chi connectivity index (χ3n) is 5.23. The number of amides is 1. The zero-order valence-electron chi connectivity index (χ0n) is 15.1. The van der Waals surface area contributed by atoms with Crippen LogP contribution in [-0.4, -0.2) is 70.9 Å². The van der Waals surface area contributed by atoms with Gasteiger partial charge >= 0.3 is 0 Å². The molecule has 0 N–H and O–H groups in total. The van der Waals surface area contributed by atoms with Crippen LogP contribution in [0.2, 0.25) is 0 Å². The summed E-state index contributed by atoms with van der Waals surface area (Å²) >= 11 is 0. The average Bonchev–Trinajstić information content (AvgIpc) is 2.63. The van der Waals surface area contributed by atoms with Crippen molar-refractivity contribution in [3.8, 4) is 0 Å². The van der Waals surface area contributed by atoms with Crippen molar-refractivity contribution in [2.45, 2.75) is 45.7 Å². The van der Waals surface area contributed by atoms with Crippen molar-refractivity contribution in [2.24, 2.45) is 0 Å². The van der Waals surface area contributed by atoms with Crippen molar-refractivity contribution < 1.29 is 4.79 Å². The lowest BCUT2D eigenvalue weighted by Gasteiger charge is -2.36. The molecule has 1 aromatic heterocycles. The topological polar surface area (TPSA) is 39.7 Å². The molecule has 0 radical (unpaired) electrons. The third kappa shape index (κ3) is 4.33. The molecule has 0 bridgehead atoms. The van der Waals surface area contributed by atoms with E-state index in [9.17, 15) is 4.79 Å². The Hall–Kier alpha value is -1.46. The predicted octanol–water partition coefficient (Wildman–Crippen LogP) is 2.23. The number of piperidine rings is 1. The van der Waals surface area contributed by atoms with Crippen molar-refractivity contribution in [1.29, 1.82) is 0 Å². The van der Waals surface area contributed by atoms with Crippen LogP contribution in [0.1, 0.15) is 49.2 Å². The van der Waals surface area contributed by atoms with Crippen LogP contribution in [0.4, 0.5) is 0 Å². The number of likely N-dealkylation sites (tertiary alicyclic amines) is 1. The second-order valence-electron chi connectivity index (χ2n) is 7.31. The fourth-order valence-corrected chi connectivity index (χ4v) is 3.62. The highest BCUT2D eigenvalue weighted by Gasteiger charge is 2.24. The van der Waals surface area contributed by atoms with Gasteiger partial charge < -0.3 is 4.90 Å². The van der Waals surface area contributed by atoms with E-state index in [2.05, 4.69) is 34.7 Å². The van der Waals surface area contributed by atoms with Crippen LogP contribution >= 0.6 is 0 Å². The normalized spacial score (nSPS) is 20.5. The van der Waals surface area contributed by atoms with Gasteiger partial charge in [0.15, 0.2) is 0 Å². The Morgan fingerprint density at radius 1 is 1.04 bits per heavy atom. The lowest BCUT2D eigenvalue weighted by Crippen LogP contribution is -2.50. The molecule has 1 amide bonds. The van der Waals surface area contributed by atoms with Gasteiger partial charge in [0, 0.05) is 45.0 Å².